The van der Waals surface area contributed by atoms with Crippen LogP contribution >= 0.6 is 0 Å². The highest BCUT2D eigenvalue weighted by Gasteiger charge is 2.48. The summed E-state index contributed by atoms with van der Waals surface area (Å²) in [4.78, 5) is 11.2. The maximum Gasteiger partial charge on any atom is 0.358 e. The molecule has 1 aliphatic rings. The number of aromatic nitrogens is 3. The molecule has 0 amide bonds. The number of ether oxygens (including phenoxy) is 1. The standard InChI is InChI=1S/C13H22N4O3/c1-12(2)7-9(13(3,4)20-12)17-8(5-6-14)10(11(18)19)15-16-17/h9H,5-7,14H2,1-4H3,(H,18,19). The van der Waals surface area contributed by atoms with Crippen LogP contribution in [-0.4, -0.2) is 43.8 Å². The van der Waals surface area contributed by atoms with Crippen LogP contribution in [0.25, 0.3) is 0 Å². The van der Waals surface area contributed by atoms with Gasteiger partial charge >= 0.3 is 5.97 Å². The topological polar surface area (TPSA) is 103 Å². The summed E-state index contributed by atoms with van der Waals surface area (Å²) in [6.45, 7) is 8.37. The van der Waals surface area contributed by atoms with Gasteiger partial charge in [-0.3, -0.25) is 0 Å². The quantitative estimate of drug-likeness (QED) is 0.853. The Balaban J connectivity index is 2.45. The lowest BCUT2D eigenvalue weighted by molar-refractivity contribution is -0.0740. The molecule has 1 aromatic heterocycles. The summed E-state index contributed by atoms with van der Waals surface area (Å²) in [6.07, 6.45) is 1.18. The molecular weight excluding hydrogens is 260 g/mol. The van der Waals surface area contributed by atoms with Crippen LogP contribution < -0.4 is 5.73 Å². The first-order valence-electron chi connectivity index (χ1n) is 6.75. The monoisotopic (exact) mass is 282 g/mol. The lowest BCUT2D eigenvalue weighted by atomic mass is 9.94. The normalized spacial score (nSPS) is 23.9. The Morgan fingerprint density at radius 3 is 2.60 bits per heavy atom. The lowest BCUT2D eigenvalue weighted by Crippen LogP contribution is -2.32. The summed E-state index contributed by atoms with van der Waals surface area (Å²) >= 11 is 0. The molecule has 1 fully saturated rings. The van der Waals surface area contributed by atoms with Crippen molar-refractivity contribution in [2.75, 3.05) is 6.54 Å². The number of nitrogens with two attached hydrogens (primary N) is 1. The third-order valence-electron chi connectivity index (χ3n) is 3.70. The van der Waals surface area contributed by atoms with Gasteiger partial charge in [-0.15, -0.1) is 5.10 Å². The van der Waals surface area contributed by atoms with Gasteiger partial charge in [-0.1, -0.05) is 5.21 Å². The zero-order valence-electron chi connectivity index (χ0n) is 12.4. The number of hydrogen-bond donors (Lipinski definition) is 2. The molecule has 7 heteroatoms. The van der Waals surface area contributed by atoms with Crippen molar-refractivity contribution < 1.29 is 14.6 Å². The second kappa shape index (κ2) is 4.82. The van der Waals surface area contributed by atoms with Gasteiger partial charge in [0.2, 0.25) is 0 Å². The minimum Gasteiger partial charge on any atom is -0.476 e. The van der Waals surface area contributed by atoms with Crippen LogP contribution in [0, 0.1) is 0 Å². The fourth-order valence-corrected chi connectivity index (χ4v) is 3.01. The van der Waals surface area contributed by atoms with E-state index in [0.29, 0.717) is 18.7 Å². The van der Waals surface area contributed by atoms with Gasteiger partial charge < -0.3 is 15.6 Å². The van der Waals surface area contributed by atoms with Gasteiger partial charge in [-0.05, 0) is 34.2 Å². The van der Waals surface area contributed by atoms with Crippen molar-refractivity contribution in [1.82, 2.24) is 15.0 Å². The largest absolute Gasteiger partial charge is 0.476 e. The molecule has 2 heterocycles. The van der Waals surface area contributed by atoms with E-state index in [1.165, 1.54) is 0 Å². The molecule has 0 saturated carbocycles. The minimum atomic E-state index is -1.07. The first kappa shape index (κ1) is 14.9. The Hall–Kier alpha value is -1.47. The van der Waals surface area contributed by atoms with E-state index in [4.69, 9.17) is 10.5 Å². The third-order valence-corrected chi connectivity index (χ3v) is 3.70. The Labute approximate surface area is 118 Å². The smallest absolute Gasteiger partial charge is 0.358 e. The predicted molar refractivity (Wildman–Crippen MR) is 72.6 cm³/mol. The fourth-order valence-electron chi connectivity index (χ4n) is 3.01. The molecule has 1 aromatic rings. The van der Waals surface area contributed by atoms with Crippen molar-refractivity contribution in [2.45, 2.75) is 57.8 Å². The highest BCUT2D eigenvalue weighted by Crippen LogP contribution is 2.45. The number of nitrogens with zero attached hydrogens (tertiary/aromatic N) is 3. The number of carboxylic acid groups (broad SMARTS) is 1. The van der Waals surface area contributed by atoms with Gasteiger partial charge in [-0.2, -0.15) is 0 Å². The van der Waals surface area contributed by atoms with Crippen molar-refractivity contribution >= 4 is 5.97 Å². The van der Waals surface area contributed by atoms with Crippen LogP contribution in [0.5, 0.6) is 0 Å². The van der Waals surface area contributed by atoms with Crippen molar-refractivity contribution in [2.24, 2.45) is 5.73 Å². The van der Waals surface area contributed by atoms with E-state index in [0.717, 1.165) is 6.42 Å². The Morgan fingerprint density at radius 2 is 2.15 bits per heavy atom. The van der Waals surface area contributed by atoms with E-state index in [1.54, 1.807) is 4.68 Å². The molecule has 20 heavy (non-hydrogen) atoms. The number of rotatable bonds is 4. The van der Waals surface area contributed by atoms with Gasteiger partial charge in [0.25, 0.3) is 0 Å². The number of carboxylic acids is 1. The maximum absolute atomic E-state index is 11.2. The molecule has 0 aromatic carbocycles. The van der Waals surface area contributed by atoms with E-state index in [9.17, 15) is 9.90 Å². The van der Waals surface area contributed by atoms with Crippen LogP contribution in [0.3, 0.4) is 0 Å². The first-order valence-corrected chi connectivity index (χ1v) is 6.75. The summed E-state index contributed by atoms with van der Waals surface area (Å²) < 4.78 is 7.72. The lowest BCUT2D eigenvalue weighted by Gasteiger charge is -2.27. The number of carbonyl (C=O) groups is 1. The van der Waals surface area contributed by atoms with E-state index in [2.05, 4.69) is 10.3 Å². The molecule has 0 spiro atoms. The molecule has 1 unspecified atom stereocenters. The Bertz CT molecular complexity index is 522. The molecule has 1 aliphatic heterocycles. The average Bonchev–Trinajstić information content (AvgIpc) is 2.77. The third kappa shape index (κ3) is 2.55. The fraction of sp³-hybridized carbons (Fsp3) is 0.769. The first-order chi connectivity index (χ1) is 9.18. The van der Waals surface area contributed by atoms with Crippen LogP contribution in [-0.2, 0) is 11.2 Å². The van der Waals surface area contributed by atoms with Crippen molar-refractivity contribution in [3.63, 3.8) is 0 Å². The van der Waals surface area contributed by atoms with Gasteiger partial charge in [-0.25, -0.2) is 9.48 Å². The molecule has 1 saturated heterocycles. The summed E-state index contributed by atoms with van der Waals surface area (Å²) in [5.41, 5.74) is 5.43. The SMILES string of the molecule is CC1(C)CC(n2nnc(C(=O)O)c2CCN)C(C)(C)O1. The molecular formula is C13H22N4O3. The Morgan fingerprint density at radius 1 is 1.50 bits per heavy atom. The van der Waals surface area contributed by atoms with E-state index in [-0.39, 0.29) is 17.3 Å². The van der Waals surface area contributed by atoms with E-state index >= 15 is 0 Å². The predicted octanol–water partition coefficient (Wildman–Crippen LogP) is 0.996. The summed E-state index contributed by atoms with van der Waals surface area (Å²) in [5, 5.41) is 17.0. The number of hydrogen-bond acceptors (Lipinski definition) is 5. The van der Waals surface area contributed by atoms with Gasteiger partial charge in [0.1, 0.15) is 0 Å². The van der Waals surface area contributed by atoms with Crippen molar-refractivity contribution in [1.29, 1.82) is 0 Å². The molecule has 3 N–H and O–H groups in total. The van der Waals surface area contributed by atoms with Crippen LogP contribution in [0.15, 0.2) is 0 Å². The molecule has 7 nitrogen and oxygen atoms in total. The van der Waals surface area contributed by atoms with Crippen LogP contribution in [0.1, 0.15) is 56.3 Å². The molecule has 112 valence electrons. The van der Waals surface area contributed by atoms with Gasteiger partial charge in [0.15, 0.2) is 5.69 Å². The second-order valence-corrected chi connectivity index (χ2v) is 6.36. The van der Waals surface area contributed by atoms with Gasteiger partial charge in [0.05, 0.1) is 22.9 Å². The van der Waals surface area contributed by atoms with E-state index in [1.807, 2.05) is 27.7 Å². The molecule has 1 atom stereocenters. The second-order valence-electron chi connectivity index (χ2n) is 6.36. The van der Waals surface area contributed by atoms with E-state index < -0.39 is 11.6 Å². The zero-order chi connectivity index (χ0) is 15.1. The maximum atomic E-state index is 11.2. The summed E-state index contributed by atoms with van der Waals surface area (Å²) in [7, 11) is 0. The van der Waals surface area contributed by atoms with Crippen LogP contribution in [0.2, 0.25) is 0 Å². The minimum absolute atomic E-state index is 0.0176. The summed E-state index contributed by atoms with van der Waals surface area (Å²) in [5.74, 6) is -1.07. The molecule has 0 aliphatic carbocycles. The molecule has 2 rings (SSSR count). The van der Waals surface area contributed by atoms with Crippen molar-refractivity contribution in [3.8, 4) is 0 Å². The molecule has 0 bridgehead atoms. The Kier molecular flexibility index (Phi) is 3.60. The zero-order valence-corrected chi connectivity index (χ0v) is 12.4. The van der Waals surface area contributed by atoms with Crippen LogP contribution in [0.4, 0.5) is 0 Å². The number of aromatic carboxylic acids is 1. The summed E-state index contributed by atoms with van der Waals surface area (Å²) in [6, 6.07) is -0.0559. The molecule has 0 radical (unpaired) electrons. The van der Waals surface area contributed by atoms with Gasteiger partial charge in [0, 0.05) is 12.8 Å². The highest BCUT2D eigenvalue weighted by atomic mass is 16.5. The average molecular weight is 282 g/mol. The van der Waals surface area contributed by atoms with Crippen molar-refractivity contribution in [3.05, 3.63) is 11.4 Å². The highest BCUT2D eigenvalue weighted by molar-refractivity contribution is 5.86.